The normalized spacial score (nSPS) is 23.3. The molecule has 1 aromatic carbocycles. The first-order valence-corrected chi connectivity index (χ1v) is 5.28. The largest absolute Gasteiger partial charge is 0.490 e. The van der Waals surface area contributed by atoms with E-state index in [0.717, 1.165) is 19.0 Å². The second-order valence-corrected chi connectivity index (χ2v) is 4.01. The standard InChI is InChI=1S/C12H14O2/c1-3-9-4-2-6-12(11(9)5-1)14-8-10-7-13-10/h2,4,6,10H,1,3,5,7-8H2. The smallest absolute Gasteiger partial charge is 0.122 e. The Bertz CT molecular complexity index is 342. The first-order valence-electron chi connectivity index (χ1n) is 5.28. The predicted octanol–water partition coefficient (Wildman–Crippen LogP) is 1.95. The molecule has 2 heteroatoms. The van der Waals surface area contributed by atoms with E-state index >= 15 is 0 Å². The molecule has 0 saturated carbocycles. The van der Waals surface area contributed by atoms with Crippen LogP contribution in [0.2, 0.25) is 0 Å². The van der Waals surface area contributed by atoms with Gasteiger partial charge in [-0.25, -0.2) is 0 Å². The van der Waals surface area contributed by atoms with Gasteiger partial charge in [0.1, 0.15) is 18.5 Å². The van der Waals surface area contributed by atoms with Crippen LogP contribution in [0.1, 0.15) is 17.5 Å². The van der Waals surface area contributed by atoms with E-state index in [1.165, 1.54) is 30.4 Å². The van der Waals surface area contributed by atoms with E-state index in [0.29, 0.717) is 6.10 Å². The Balaban J connectivity index is 1.78. The summed E-state index contributed by atoms with van der Waals surface area (Å²) in [5.74, 6) is 1.08. The van der Waals surface area contributed by atoms with Crippen molar-refractivity contribution in [3.05, 3.63) is 29.3 Å². The minimum atomic E-state index is 0.354. The molecule has 2 nitrogen and oxygen atoms in total. The first kappa shape index (κ1) is 8.30. The summed E-state index contributed by atoms with van der Waals surface area (Å²) in [5, 5.41) is 0. The minimum Gasteiger partial charge on any atom is -0.490 e. The third-order valence-electron chi connectivity index (χ3n) is 2.93. The van der Waals surface area contributed by atoms with Gasteiger partial charge in [-0.3, -0.25) is 0 Å². The van der Waals surface area contributed by atoms with Crippen molar-refractivity contribution in [2.75, 3.05) is 13.2 Å². The third-order valence-corrected chi connectivity index (χ3v) is 2.93. The van der Waals surface area contributed by atoms with Gasteiger partial charge in [0.25, 0.3) is 0 Å². The van der Waals surface area contributed by atoms with Crippen LogP contribution >= 0.6 is 0 Å². The van der Waals surface area contributed by atoms with E-state index in [-0.39, 0.29) is 0 Å². The maximum atomic E-state index is 5.75. The number of ether oxygens (including phenoxy) is 2. The molecule has 3 rings (SSSR count). The molecule has 0 N–H and O–H groups in total. The van der Waals surface area contributed by atoms with E-state index in [4.69, 9.17) is 9.47 Å². The molecule has 1 atom stereocenters. The maximum absolute atomic E-state index is 5.75. The molecule has 1 aromatic rings. The average molecular weight is 190 g/mol. The van der Waals surface area contributed by atoms with Gasteiger partial charge in [-0.05, 0) is 36.5 Å². The molecular formula is C12H14O2. The maximum Gasteiger partial charge on any atom is 0.122 e. The highest BCUT2D eigenvalue weighted by Crippen LogP contribution is 2.30. The molecule has 0 radical (unpaired) electrons. The molecule has 0 bridgehead atoms. The number of epoxide rings is 1. The van der Waals surface area contributed by atoms with E-state index in [2.05, 4.69) is 18.2 Å². The van der Waals surface area contributed by atoms with Crippen molar-refractivity contribution >= 4 is 0 Å². The Labute approximate surface area is 83.8 Å². The third kappa shape index (κ3) is 1.50. The summed E-state index contributed by atoms with van der Waals surface area (Å²) < 4.78 is 10.9. The molecule has 1 unspecified atom stereocenters. The highest BCUT2D eigenvalue weighted by atomic mass is 16.6. The lowest BCUT2D eigenvalue weighted by Crippen LogP contribution is -2.05. The predicted molar refractivity (Wildman–Crippen MR) is 53.7 cm³/mol. The molecule has 74 valence electrons. The highest BCUT2D eigenvalue weighted by molar-refractivity contribution is 5.43. The van der Waals surface area contributed by atoms with Gasteiger partial charge in [0.05, 0.1) is 6.61 Å². The SMILES string of the molecule is c1cc2c(c(OCC3CO3)c1)CCC2. The molecule has 1 heterocycles. The van der Waals surface area contributed by atoms with Crippen LogP contribution in [-0.2, 0) is 17.6 Å². The van der Waals surface area contributed by atoms with Crippen LogP contribution in [0.4, 0.5) is 0 Å². The first-order chi connectivity index (χ1) is 6.93. The topological polar surface area (TPSA) is 21.8 Å². The molecule has 1 fully saturated rings. The molecular weight excluding hydrogens is 176 g/mol. The lowest BCUT2D eigenvalue weighted by Gasteiger charge is -2.09. The van der Waals surface area contributed by atoms with Crippen LogP contribution in [0.3, 0.4) is 0 Å². The highest BCUT2D eigenvalue weighted by Gasteiger charge is 2.24. The Morgan fingerprint density at radius 2 is 2.29 bits per heavy atom. The molecule has 2 aliphatic rings. The molecule has 0 spiro atoms. The monoisotopic (exact) mass is 190 g/mol. The summed E-state index contributed by atoms with van der Waals surface area (Å²) in [7, 11) is 0. The van der Waals surface area contributed by atoms with Gasteiger partial charge >= 0.3 is 0 Å². The molecule has 14 heavy (non-hydrogen) atoms. The number of fused-ring (bicyclic) bond motifs is 1. The van der Waals surface area contributed by atoms with Crippen molar-refractivity contribution in [3.8, 4) is 5.75 Å². The fraction of sp³-hybridized carbons (Fsp3) is 0.500. The zero-order valence-corrected chi connectivity index (χ0v) is 8.16. The Morgan fingerprint density at radius 1 is 1.36 bits per heavy atom. The fourth-order valence-corrected chi connectivity index (χ4v) is 2.07. The quantitative estimate of drug-likeness (QED) is 0.679. The van der Waals surface area contributed by atoms with Crippen molar-refractivity contribution in [2.45, 2.75) is 25.4 Å². The Kier molecular flexibility index (Phi) is 1.95. The van der Waals surface area contributed by atoms with Gasteiger partial charge in [0, 0.05) is 0 Å². The second-order valence-electron chi connectivity index (χ2n) is 4.01. The number of hydrogen-bond acceptors (Lipinski definition) is 2. The van der Waals surface area contributed by atoms with Crippen molar-refractivity contribution in [1.29, 1.82) is 0 Å². The second kappa shape index (κ2) is 3.28. The molecule has 1 aliphatic carbocycles. The lowest BCUT2D eigenvalue weighted by atomic mass is 10.1. The summed E-state index contributed by atoms with van der Waals surface area (Å²) in [6, 6.07) is 6.38. The molecule has 0 aromatic heterocycles. The minimum absolute atomic E-state index is 0.354. The zero-order valence-electron chi connectivity index (χ0n) is 8.16. The van der Waals surface area contributed by atoms with Gasteiger partial charge < -0.3 is 9.47 Å². The summed E-state index contributed by atoms with van der Waals surface area (Å²) in [6.07, 6.45) is 4.02. The summed E-state index contributed by atoms with van der Waals surface area (Å²) in [4.78, 5) is 0. The van der Waals surface area contributed by atoms with Crippen molar-refractivity contribution in [3.63, 3.8) is 0 Å². The summed E-state index contributed by atoms with van der Waals surface area (Å²) >= 11 is 0. The van der Waals surface area contributed by atoms with Crippen LogP contribution in [0.5, 0.6) is 5.75 Å². The Hall–Kier alpha value is -1.02. The Morgan fingerprint density at radius 3 is 3.14 bits per heavy atom. The van der Waals surface area contributed by atoms with Crippen LogP contribution < -0.4 is 4.74 Å². The van der Waals surface area contributed by atoms with E-state index < -0.39 is 0 Å². The van der Waals surface area contributed by atoms with Crippen molar-refractivity contribution < 1.29 is 9.47 Å². The fourth-order valence-electron chi connectivity index (χ4n) is 2.07. The molecule has 1 saturated heterocycles. The number of rotatable bonds is 3. The van der Waals surface area contributed by atoms with Crippen LogP contribution in [0.15, 0.2) is 18.2 Å². The van der Waals surface area contributed by atoms with Gasteiger partial charge in [0.2, 0.25) is 0 Å². The van der Waals surface area contributed by atoms with Gasteiger partial charge in [-0.2, -0.15) is 0 Å². The van der Waals surface area contributed by atoms with Crippen LogP contribution in [0, 0.1) is 0 Å². The van der Waals surface area contributed by atoms with Crippen LogP contribution in [0.25, 0.3) is 0 Å². The average Bonchev–Trinajstić information content (AvgIpc) is 2.91. The van der Waals surface area contributed by atoms with Gasteiger partial charge in [-0.1, -0.05) is 12.1 Å². The molecule has 1 aliphatic heterocycles. The van der Waals surface area contributed by atoms with Crippen molar-refractivity contribution in [1.82, 2.24) is 0 Å². The number of hydrogen-bond donors (Lipinski definition) is 0. The van der Waals surface area contributed by atoms with Gasteiger partial charge in [0.15, 0.2) is 0 Å². The number of benzene rings is 1. The lowest BCUT2D eigenvalue weighted by molar-refractivity contribution is 0.261. The van der Waals surface area contributed by atoms with Crippen LogP contribution in [-0.4, -0.2) is 19.3 Å². The van der Waals surface area contributed by atoms with E-state index in [9.17, 15) is 0 Å². The van der Waals surface area contributed by atoms with Gasteiger partial charge in [-0.15, -0.1) is 0 Å². The van der Waals surface area contributed by atoms with Crippen molar-refractivity contribution in [2.24, 2.45) is 0 Å². The number of aryl methyl sites for hydroxylation is 1. The molecule has 0 amide bonds. The summed E-state index contributed by atoms with van der Waals surface area (Å²) in [6.45, 7) is 1.59. The zero-order chi connectivity index (χ0) is 9.38. The van der Waals surface area contributed by atoms with E-state index in [1.54, 1.807) is 0 Å². The summed E-state index contributed by atoms with van der Waals surface area (Å²) in [5.41, 5.74) is 2.90. The van der Waals surface area contributed by atoms with E-state index in [1.807, 2.05) is 0 Å².